The van der Waals surface area contributed by atoms with Crippen molar-refractivity contribution in [2.45, 2.75) is 19.8 Å². The van der Waals surface area contributed by atoms with E-state index in [1.165, 1.54) is 0 Å². The lowest BCUT2D eigenvalue weighted by Gasteiger charge is -2.23. The molecule has 1 aromatic carbocycles. The number of rotatable bonds is 3. The Morgan fingerprint density at radius 3 is 2.88 bits per heavy atom. The second-order valence-corrected chi connectivity index (χ2v) is 4.46. The Morgan fingerprint density at radius 1 is 1.38 bits per heavy atom. The molecule has 1 aliphatic heterocycles. The normalized spacial score (nSPS) is 17.3. The van der Waals surface area contributed by atoms with Gasteiger partial charge in [-0.25, -0.2) is 0 Å². The van der Waals surface area contributed by atoms with Gasteiger partial charge in [-0.3, -0.25) is 0 Å². The minimum atomic E-state index is 0.731. The largest absolute Gasteiger partial charge is 0.398 e. The number of nitrogen functional groups attached to an aromatic ring is 1. The van der Waals surface area contributed by atoms with Crippen LogP contribution in [0.2, 0.25) is 0 Å². The Morgan fingerprint density at radius 2 is 2.12 bits per heavy atom. The van der Waals surface area contributed by atoms with E-state index in [-0.39, 0.29) is 0 Å². The van der Waals surface area contributed by atoms with E-state index in [0.717, 1.165) is 55.5 Å². The molecule has 0 amide bonds. The van der Waals surface area contributed by atoms with Crippen molar-refractivity contribution in [3.63, 3.8) is 0 Å². The zero-order valence-corrected chi connectivity index (χ0v) is 9.83. The second-order valence-electron chi connectivity index (χ2n) is 4.46. The van der Waals surface area contributed by atoms with Gasteiger partial charge >= 0.3 is 0 Å². The van der Waals surface area contributed by atoms with Crippen molar-refractivity contribution < 1.29 is 4.74 Å². The van der Waals surface area contributed by atoms with Gasteiger partial charge in [0, 0.05) is 31.1 Å². The third-order valence-electron chi connectivity index (χ3n) is 3.30. The average Bonchev–Trinajstić information content (AvgIpc) is 2.32. The maximum Gasteiger partial charge on any atom is 0.0469 e. The number of benzene rings is 1. The van der Waals surface area contributed by atoms with Crippen LogP contribution in [0.4, 0.5) is 11.4 Å². The molecule has 3 N–H and O–H groups in total. The molecule has 0 bridgehead atoms. The van der Waals surface area contributed by atoms with Crippen LogP contribution in [0.15, 0.2) is 18.2 Å². The van der Waals surface area contributed by atoms with Gasteiger partial charge in [0.1, 0.15) is 0 Å². The van der Waals surface area contributed by atoms with Crippen molar-refractivity contribution in [3.8, 4) is 0 Å². The molecule has 16 heavy (non-hydrogen) atoms. The Bertz CT molecular complexity index is 346. The molecule has 2 rings (SSSR count). The molecule has 0 radical (unpaired) electrons. The lowest BCUT2D eigenvalue weighted by molar-refractivity contribution is 0.0699. The van der Waals surface area contributed by atoms with Crippen LogP contribution in [0.3, 0.4) is 0 Å². The minimum absolute atomic E-state index is 0.731. The molecule has 88 valence electrons. The Kier molecular flexibility index (Phi) is 3.67. The standard InChI is InChI=1S/C13H20N2O/c1-10-12(14)3-2-4-13(10)15-9-11-5-7-16-8-6-11/h2-4,11,15H,5-9,14H2,1H3. The quantitative estimate of drug-likeness (QED) is 0.769. The van der Waals surface area contributed by atoms with Gasteiger partial charge in [0.2, 0.25) is 0 Å². The smallest absolute Gasteiger partial charge is 0.0469 e. The van der Waals surface area contributed by atoms with E-state index >= 15 is 0 Å². The van der Waals surface area contributed by atoms with Crippen LogP contribution in [0.1, 0.15) is 18.4 Å². The highest BCUT2D eigenvalue weighted by Crippen LogP contribution is 2.22. The summed E-state index contributed by atoms with van der Waals surface area (Å²) >= 11 is 0. The van der Waals surface area contributed by atoms with Crippen LogP contribution < -0.4 is 11.1 Å². The summed E-state index contributed by atoms with van der Waals surface area (Å²) in [7, 11) is 0. The average molecular weight is 220 g/mol. The van der Waals surface area contributed by atoms with Gasteiger partial charge in [-0.05, 0) is 43.4 Å². The molecule has 0 aromatic heterocycles. The molecule has 3 heteroatoms. The van der Waals surface area contributed by atoms with Gasteiger partial charge in [0.15, 0.2) is 0 Å². The van der Waals surface area contributed by atoms with E-state index in [0.29, 0.717) is 0 Å². The molecule has 0 atom stereocenters. The van der Waals surface area contributed by atoms with E-state index in [4.69, 9.17) is 10.5 Å². The van der Waals surface area contributed by atoms with Crippen molar-refractivity contribution in [2.24, 2.45) is 5.92 Å². The van der Waals surface area contributed by atoms with E-state index in [1.54, 1.807) is 0 Å². The zero-order valence-electron chi connectivity index (χ0n) is 9.83. The maximum atomic E-state index is 5.87. The summed E-state index contributed by atoms with van der Waals surface area (Å²) in [6.45, 7) is 4.89. The van der Waals surface area contributed by atoms with E-state index in [2.05, 4.69) is 18.3 Å². The molecular weight excluding hydrogens is 200 g/mol. The molecule has 0 saturated carbocycles. The summed E-state index contributed by atoms with van der Waals surface area (Å²) in [4.78, 5) is 0. The minimum Gasteiger partial charge on any atom is -0.398 e. The van der Waals surface area contributed by atoms with E-state index < -0.39 is 0 Å². The molecule has 1 saturated heterocycles. The molecule has 1 heterocycles. The third kappa shape index (κ3) is 2.67. The Balaban J connectivity index is 1.91. The first-order valence-electron chi connectivity index (χ1n) is 5.94. The predicted octanol–water partition coefficient (Wildman–Crippen LogP) is 2.42. The summed E-state index contributed by atoms with van der Waals surface area (Å²) in [6.07, 6.45) is 2.32. The maximum absolute atomic E-state index is 5.87. The van der Waals surface area contributed by atoms with Gasteiger partial charge in [-0.15, -0.1) is 0 Å². The van der Waals surface area contributed by atoms with Crippen molar-refractivity contribution in [1.82, 2.24) is 0 Å². The molecule has 0 unspecified atom stereocenters. The highest BCUT2D eigenvalue weighted by atomic mass is 16.5. The molecule has 1 aromatic rings. The van der Waals surface area contributed by atoms with Crippen molar-refractivity contribution in [2.75, 3.05) is 30.8 Å². The van der Waals surface area contributed by atoms with Crippen molar-refractivity contribution in [3.05, 3.63) is 23.8 Å². The summed E-state index contributed by atoms with van der Waals surface area (Å²) in [6, 6.07) is 6.02. The topological polar surface area (TPSA) is 47.3 Å². The number of anilines is 2. The summed E-state index contributed by atoms with van der Waals surface area (Å²) in [5.41, 5.74) is 9.03. The fourth-order valence-electron chi connectivity index (χ4n) is 2.05. The first-order valence-corrected chi connectivity index (χ1v) is 5.94. The molecule has 3 nitrogen and oxygen atoms in total. The van der Waals surface area contributed by atoms with E-state index in [9.17, 15) is 0 Å². The third-order valence-corrected chi connectivity index (χ3v) is 3.30. The summed E-state index contributed by atoms with van der Waals surface area (Å²) in [5.74, 6) is 0.731. The lowest BCUT2D eigenvalue weighted by Crippen LogP contribution is -2.22. The first-order chi connectivity index (χ1) is 7.77. The zero-order chi connectivity index (χ0) is 11.4. The van der Waals surface area contributed by atoms with Crippen LogP contribution in [-0.2, 0) is 4.74 Å². The lowest BCUT2D eigenvalue weighted by atomic mass is 10.00. The fraction of sp³-hybridized carbons (Fsp3) is 0.538. The predicted molar refractivity (Wildman–Crippen MR) is 67.6 cm³/mol. The molecule has 1 fully saturated rings. The number of hydrogen-bond acceptors (Lipinski definition) is 3. The van der Waals surface area contributed by atoms with Crippen LogP contribution in [0, 0.1) is 12.8 Å². The van der Waals surface area contributed by atoms with Gasteiger partial charge < -0.3 is 15.8 Å². The molecule has 0 aliphatic carbocycles. The van der Waals surface area contributed by atoms with Crippen LogP contribution in [-0.4, -0.2) is 19.8 Å². The van der Waals surface area contributed by atoms with Gasteiger partial charge in [0.25, 0.3) is 0 Å². The van der Waals surface area contributed by atoms with Gasteiger partial charge in [0.05, 0.1) is 0 Å². The summed E-state index contributed by atoms with van der Waals surface area (Å²) < 4.78 is 5.35. The number of ether oxygens (including phenoxy) is 1. The first kappa shape index (κ1) is 11.3. The molecule has 1 aliphatic rings. The SMILES string of the molecule is Cc1c(N)cccc1NCC1CCOCC1. The fourth-order valence-corrected chi connectivity index (χ4v) is 2.05. The highest BCUT2D eigenvalue weighted by molar-refractivity contribution is 5.62. The number of hydrogen-bond donors (Lipinski definition) is 2. The van der Waals surface area contributed by atoms with Gasteiger partial charge in [-0.1, -0.05) is 6.07 Å². The highest BCUT2D eigenvalue weighted by Gasteiger charge is 2.13. The van der Waals surface area contributed by atoms with Crippen LogP contribution in [0.5, 0.6) is 0 Å². The van der Waals surface area contributed by atoms with E-state index in [1.807, 2.05) is 12.1 Å². The number of nitrogens with one attached hydrogen (secondary N) is 1. The van der Waals surface area contributed by atoms with Crippen LogP contribution in [0.25, 0.3) is 0 Å². The van der Waals surface area contributed by atoms with Crippen molar-refractivity contribution >= 4 is 11.4 Å². The van der Waals surface area contributed by atoms with Crippen molar-refractivity contribution in [1.29, 1.82) is 0 Å². The second kappa shape index (κ2) is 5.21. The number of nitrogens with two attached hydrogens (primary N) is 1. The Hall–Kier alpha value is -1.22. The molecular formula is C13H20N2O. The molecule has 0 spiro atoms. The summed E-state index contributed by atoms with van der Waals surface area (Å²) in [5, 5.41) is 3.49. The Labute approximate surface area is 97.0 Å². The van der Waals surface area contributed by atoms with Gasteiger partial charge in [-0.2, -0.15) is 0 Å². The monoisotopic (exact) mass is 220 g/mol. The van der Waals surface area contributed by atoms with Crippen LogP contribution >= 0.6 is 0 Å².